The Kier molecular flexibility index (Phi) is 6.03. The molecule has 5 heteroatoms. The lowest BCUT2D eigenvalue weighted by Crippen LogP contribution is -2.39. The van der Waals surface area contributed by atoms with Gasteiger partial charge in [0, 0.05) is 18.2 Å². The Morgan fingerprint density at radius 1 is 1.24 bits per heavy atom. The second-order valence-electron chi connectivity index (χ2n) is 6.30. The minimum Gasteiger partial charge on any atom is -0.493 e. The van der Waals surface area contributed by atoms with Crippen LogP contribution in [0.25, 0.3) is 0 Å². The number of benzene rings is 1. The fraction of sp³-hybridized carbons (Fsp3) is 0.562. The van der Waals surface area contributed by atoms with Gasteiger partial charge in [-0.15, -0.1) is 0 Å². The zero-order chi connectivity index (χ0) is 16.0. The topological polar surface area (TPSA) is 73.6 Å². The minimum atomic E-state index is -0.166. The first kappa shape index (κ1) is 17.3. The number of carbonyl (C=O) groups is 1. The molecule has 118 valence electrons. The van der Waals surface area contributed by atoms with Gasteiger partial charge in [-0.05, 0) is 30.0 Å². The van der Waals surface area contributed by atoms with Gasteiger partial charge in [-0.2, -0.15) is 0 Å². The Bertz CT molecular complexity index is 481. The summed E-state index contributed by atoms with van der Waals surface area (Å²) in [6.07, 6.45) is 0.846. The Hall–Kier alpha value is -1.75. The van der Waals surface area contributed by atoms with Crippen LogP contribution in [0.5, 0.6) is 11.5 Å². The predicted molar refractivity (Wildman–Crippen MR) is 83.9 cm³/mol. The molecule has 3 N–H and O–H groups in total. The van der Waals surface area contributed by atoms with E-state index in [4.69, 9.17) is 15.2 Å². The highest BCUT2D eigenvalue weighted by molar-refractivity contribution is 5.94. The molecule has 1 atom stereocenters. The van der Waals surface area contributed by atoms with Gasteiger partial charge in [0.15, 0.2) is 11.5 Å². The number of rotatable bonds is 6. The van der Waals surface area contributed by atoms with Gasteiger partial charge in [-0.1, -0.05) is 20.8 Å². The van der Waals surface area contributed by atoms with Crippen molar-refractivity contribution in [3.8, 4) is 11.5 Å². The average Bonchev–Trinajstić information content (AvgIpc) is 2.42. The molecule has 0 saturated heterocycles. The molecule has 0 radical (unpaired) electrons. The summed E-state index contributed by atoms with van der Waals surface area (Å²) < 4.78 is 10.3. The summed E-state index contributed by atoms with van der Waals surface area (Å²) in [5.74, 6) is 0.961. The van der Waals surface area contributed by atoms with Gasteiger partial charge < -0.3 is 20.5 Å². The lowest BCUT2D eigenvalue weighted by molar-refractivity contribution is 0.0948. The minimum absolute atomic E-state index is 0.0610. The van der Waals surface area contributed by atoms with E-state index in [0.29, 0.717) is 23.6 Å². The van der Waals surface area contributed by atoms with Gasteiger partial charge >= 0.3 is 0 Å². The SMILES string of the molecule is COc1ccc(C(=O)NCC(N)CC(C)(C)C)cc1OC. The number of methoxy groups -OCH3 is 2. The molecule has 0 spiro atoms. The third-order valence-corrected chi connectivity index (χ3v) is 3.05. The summed E-state index contributed by atoms with van der Waals surface area (Å²) in [5.41, 5.74) is 6.70. The Morgan fingerprint density at radius 3 is 2.38 bits per heavy atom. The number of nitrogens with one attached hydrogen (secondary N) is 1. The maximum absolute atomic E-state index is 12.1. The van der Waals surface area contributed by atoms with E-state index in [2.05, 4.69) is 26.1 Å². The number of amides is 1. The van der Waals surface area contributed by atoms with Crippen molar-refractivity contribution < 1.29 is 14.3 Å². The lowest BCUT2D eigenvalue weighted by Gasteiger charge is -2.23. The summed E-state index contributed by atoms with van der Waals surface area (Å²) in [4.78, 5) is 12.1. The molecule has 21 heavy (non-hydrogen) atoms. The van der Waals surface area contributed by atoms with E-state index < -0.39 is 0 Å². The summed E-state index contributed by atoms with van der Waals surface area (Å²) in [6.45, 7) is 6.83. The van der Waals surface area contributed by atoms with Gasteiger partial charge in [0.2, 0.25) is 0 Å². The summed E-state index contributed by atoms with van der Waals surface area (Å²) in [5, 5.41) is 2.85. The van der Waals surface area contributed by atoms with E-state index in [1.807, 2.05) is 0 Å². The Labute approximate surface area is 126 Å². The number of carbonyl (C=O) groups excluding carboxylic acids is 1. The first-order valence-corrected chi connectivity index (χ1v) is 7.02. The molecule has 1 aromatic rings. The highest BCUT2D eigenvalue weighted by atomic mass is 16.5. The van der Waals surface area contributed by atoms with E-state index in [1.165, 1.54) is 0 Å². The molecule has 0 aliphatic rings. The molecule has 0 aromatic heterocycles. The predicted octanol–water partition coefficient (Wildman–Crippen LogP) is 2.20. The van der Waals surface area contributed by atoms with E-state index in [1.54, 1.807) is 32.4 Å². The zero-order valence-electron chi connectivity index (χ0n) is 13.5. The summed E-state index contributed by atoms with van der Waals surface area (Å²) in [7, 11) is 3.10. The van der Waals surface area contributed by atoms with Crippen LogP contribution >= 0.6 is 0 Å². The fourth-order valence-electron chi connectivity index (χ4n) is 2.16. The normalized spacial score (nSPS) is 12.7. The second kappa shape index (κ2) is 7.31. The molecule has 5 nitrogen and oxygen atoms in total. The van der Waals surface area contributed by atoms with Crippen molar-refractivity contribution in [1.82, 2.24) is 5.32 Å². The van der Waals surface area contributed by atoms with Crippen LogP contribution in [0.1, 0.15) is 37.6 Å². The van der Waals surface area contributed by atoms with Crippen molar-refractivity contribution in [2.75, 3.05) is 20.8 Å². The van der Waals surface area contributed by atoms with Gasteiger partial charge in [0.05, 0.1) is 14.2 Å². The van der Waals surface area contributed by atoms with Crippen LogP contribution in [-0.4, -0.2) is 32.7 Å². The molecule has 0 aliphatic carbocycles. The van der Waals surface area contributed by atoms with Crippen LogP contribution in [0.15, 0.2) is 18.2 Å². The van der Waals surface area contributed by atoms with Crippen LogP contribution in [0, 0.1) is 5.41 Å². The van der Waals surface area contributed by atoms with Gasteiger partial charge in [-0.3, -0.25) is 4.79 Å². The van der Waals surface area contributed by atoms with Crippen LogP contribution in [0.4, 0.5) is 0 Å². The molecule has 1 rings (SSSR count). The van der Waals surface area contributed by atoms with Crippen molar-refractivity contribution in [2.45, 2.75) is 33.2 Å². The maximum atomic E-state index is 12.1. The number of ether oxygens (including phenoxy) is 2. The molecular weight excluding hydrogens is 268 g/mol. The smallest absolute Gasteiger partial charge is 0.251 e. The highest BCUT2D eigenvalue weighted by Crippen LogP contribution is 2.27. The average molecular weight is 294 g/mol. The van der Waals surface area contributed by atoms with Crippen LogP contribution in [-0.2, 0) is 0 Å². The molecule has 1 aromatic carbocycles. The Morgan fingerprint density at radius 2 is 1.86 bits per heavy atom. The fourth-order valence-corrected chi connectivity index (χ4v) is 2.16. The van der Waals surface area contributed by atoms with E-state index in [-0.39, 0.29) is 17.4 Å². The molecule has 0 heterocycles. The van der Waals surface area contributed by atoms with Crippen molar-refractivity contribution in [2.24, 2.45) is 11.1 Å². The van der Waals surface area contributed by atoms with E-state index in [0.717, 1.165) is 6.42 Å². The molecule has 0 aliphatic heterocycles. The highest BCUT2D eigenvalue weighted by Gasteiger charge is 2.17. The standard InChI is InChI=1S/C16H26N2O3/c1-16(2,3)9-12(17)10-18-15(19)11-6-7-13(20-4)14(8-11)21-5/h6-8,12H,9-10,17H2,1-5H3,(H,18,19). The summed E-state index contributed by atoms with van der Waals surface area (Å²) >= 11 is 0. The van der Waals surface area contributed by atoms with Crippen LogP contribution < -0.4 is 20.5 Å². The second-order valence-corrected chi connectivity index (χ2v) is 6.30. The monoisotopic (exact) mass is 294 g/mol. The summed E-state index contributed by atoms with van der Waals surface area (Å²) in [6, 6.07) is 5.01. The lowest BCUT2D eigenvalue weighted by atomic mass is 9.88. The number of hydrogen-bond acceptors (Lipinski definition) is 4. The molecule has 0 saturated carbocycles. The molecular formula is C16H26N2O3. The van der Waals surface area contributed by atoms with Crippen LogP contribution in [0.3, 0.4) is 0 Å². The first-order valence-electron chi connectivity index (χ1n) is 7.02. The number of nitrogens with two attached hydrogens (primary N) is 1. The maximum Gasteiger partial charge on any atom is 0.251 e. The molecule has 1 amide bonds. The third kappa shape index (κ3) is 5.63. The van der Waals surface area contributed by atoms with Crippen molar-refractivity contribution in [1.29, 1.82) is 0 Å². The van der Waals surface area contributed by atoms with Crippen molar-refractivity contribution in [3.63, 3.8) is 0 Å². The van der Waals surface area contributed by atoms with Crippen LogP contribution in [0.2, 0.25) is 0 Å². The van der Waals surface area contributed by atoms with Crippen molar-refractivity contribution in [3.05, 3.63) is 23.8 Å². The largest absolute Gasteiger partial charge is 0.493 e. The van der Waals surface area contributed by atoms with Gasteiger partial charge in [-0.25, -0.2) is 0 Å². The molecule has 0 fully saturated rings. The van der Waals surface area contributed by atoms with Gasteiger partial charge in [0.25, 0.3) is 5.91 Å². The number of hydrogen-bond donors (Lipinski definition) is 2. The first-order chi connectivity index (χ1) is 9.76. The van der Waals surface area contributed by atoms with E-state index >= 15 is 0 Å². The van der Waals surface area contributed by atoms with Gasteiger partial charge in [0.1, 0.15) is 0 Å². The van der Waals surface area contributed by atoms with E-state index in [9.17, 15) is 4.79 Å². The quantitative estimate of drug-likeness (QED) is 0.843. The Balaban J connectivity index is 2.64. The molecule has 0 bridgehead atoms. The zero-order valence-corrected chi connectivity index (χ0v) is 13.5. The molecule has 1 unspecified atom stereocenters. The van der Waals surface area contributed by atoms with Crippen molar-refractivity contribution >= 4 is 5.91 Å². The third-order valence-electron chi connectivity index (χ3n) is 3.05.